The van der Waals surface area contributed by atoms with E-state index < -0.39 is 0 Å². The lowest BCUT2D eigenvalue weighted by molar-refractivity contribution is 0.0774. The van der Waals surface area contributed by atoms with Gasteiger partial charge in [-0.05, 0) is 12.5 Å². The molecular weight excluding hydrogens is 256 g/mol. The van der Waals surface area contributed by atoms with Gasteiger partial charge in [-0.2, -0.15) is 0 Å². The van der Waals surface area contributed by atoms with Crippen molar-refractivity contribution in [2.75, 3.05) is 33.0 Å². The molecule has 0 saturated carbocycles. The number of carbonyl (C=O) groups excluding carboxylic acids is 1. The Hall–Kier alpha value is -2.17. The van der Waals surface area contributed by atoms with Gasteiger partial charge in [-0.1, -0.05) is 13.0 Å². The first kappa shape index (κ1) is 15.9. The summed E-state index contributed by atoms with van der Waals surface area (Å²) >= 11 is 0. The summed E-state index contributed by atoms with van der Waals surface area (Å²) in [4.78, 5) is 14.2. The minimum absolute atomic E-state index is 0.134. The van der Waals surface area contributed by atoms with Crippen molar-refractivity contribution in [3.63, 3.8) is 0 Å². The highest BCUT2D eigenvalue weighted by atomic mass is 16.5. The molecule has 110 valence electrons. The van der Waals surface area contributed by atoms with Gasteiger partial charge in [-0.15, -0.1) is 6.58 Å². The Labute approximate surface area is 120 Å². The molecule has 0 aromatic heterocycles. The number of nitrogens with two attached hydrogens (primary N) is 1. The quantitative estimate of drug-likeness (QED) is 0.614. The van der Waals surface area contributed by atoms with Crippen LogP contribution in [0.1, 0.15) is 23.7 Å². The topological polar surface area (TPSA) is 64.8 Å². The molecule has 0 aliphatic carbocycles. The van der Waals surface area contributed by atoms with Gasteiger partial charge >= 0.3 is 0 Å². The fraction of sp³-hybridized carbons (Fsp3) is 0.400. The fourth-order valence-corrected chi connectivity index (χ4v) is 1.95. The molecule has 2 N–H and O–H groups in total. The van der Waals surface area contributed by atoms with Gasteiger partial charge in [0.25, 0.3) is 5.91 Å². The number of rotatable bonds is 7. The fourth-order valence-electron chi connectivity index (χ4n) is 1.95. The monoisotopic (exact) mass is 278 g/mol. The molecule has 0 aliphatic heterocycles. The Morgan fingerprint density at radius 1 is 1.35 bits per heavy atom. The van der Waals surface area contributed by atoms with E-state index in [0.29, 0.717) is 35.8 Å². The van der Waals surface area contributed by atoms with E-state index in [0.717, 1.165) is 6.42 Å². The van der Waals surface area contributed by atoms with E-state index in [-0.39, 0.29) is 5.91 Å². The second-order valence-electron chi connectivity index (χ2n) is 4.33. The molecule has 0 bridgehead atoms. The lowest BCUT2D eigenvalue weighted by atomic mass is 10.1. The summed E-state index contributed by atoms with van der Waals surface area (Å²) in [5.41, 5.74) is 6.73. The van der Waals surface area contributed by atoms with Gasteiger partial charge in [0.15, 0.2) is 11.5 Å². The predicted molar refractivity (Wildman–Crippen MR) is 80.3 cm³/mol. The maximum atomic E-state index is 12.5. The van der Waals surface area contributed by atoms with Crippen LogP contribution >= 0.6 is 0 Å². The van der Waals surface area contributed by atoms with Crippen molar-refractivity contribution in [3.8, 4) is 11.5 Å². The second-order valence-corrected chi connectivity index (χ2v) is 4.33. The lowest BCUT2D eigenvalue weighted by Crippen LogP contribution is -2.32. The van der Waals surface area contributed by atoms with E-state index in [9.17, 15) is 4.79 Å². The van der Waals surface area contributed by atoms with Crippen LogP contribution in [0.4, 0.5) is 5.69 Å². The minimum Gasteiger partial charge on any atom is -0.493 e. The Morgan fingerprint density at radius 3 is 2.45 bits per heavy atom. The van der Waals surface area contributed by atoms with Gasteiger partial charge in [0, 0.05) is 24.8 Å². The molecule has 1 aromatic rings. The average Bonchev–Trinajstić information content (AvgIpc) is 2.46. The second kappa shape index (κ2) is 7.43. The maximum Gasteiger partial charge on any atom is 0.256 e. The summed E-state index contributed by atoms with van der Waals surface area (Å²) in [7, 11) is 3.05. The molecule has 0 saturated heterocycles. The normalized spacial score (nSPS) is 9.95. The van der Waals surface area contributed by atoms with Crippen molar-refractivity contribution >= 4 is 11.6 Å². The molecule has 0 spiro atoms. The number of ether oxygens (including phenoxy) is 2. The van der Waals surface area contributed by atoms with Gasteiger partial charge in [0.1, 0.15) is 0 Å². The van der Waals surface area contributed by atoms with E-state index in [1.54, 1.807) is 23.1 Å². The molecular formula is C15H22N2O3. The number of amides is 1. The van der Waals surface area contributed by atoms with E-state index in [2.05, 4.69) is 6.58 Å². The van der Waals surface area contributed by atoms with E-state index in [1.807, 2.05) is 6.92 Å². The number of anilines is 1. The van der Waals surface area contributed by atoms with Crippen LogP contribution in [-0.2, 0) is 0 Å². The molecule has 1 aromatic carbocycles. The summed E-state index contributed by atoms with van der Waals surface area (Å²) in [6.07, 6.45) is 2.57. The molecule has 0 fully saturated rings. The number of hydrogen-bond acceptors (Lipinski definition) is 4. The molecule has 0 heterocycles. The average molecular weight is 278 g/mol. The predicted octanol–water partition coefficient (Wildman–Crippen LogP) is 2.32. The molecule has 0 radical (unpaired) electrons. The zero-order chi connectivity index (χ0) is 15.1. The van der Waals surface area contributed by atoms with E-state index >= 15 is 0 Å². The number of hydrogen-bond donors (Lipinski definition) is 1. The van der Waals surface area contributed by atoms with Gasteiger partial charge in [-0.3, -0.25) is 4.79 Å². The van der Waals surface area contributed by atoms with Crippen LogP contribution in [-0.4, -0.2) is 38.1 Å². The maximum absolute atomic E-state index is 12.5. The summed E-state index contributed by atoms with van der Waals surface area (Å²) < 4.78 is 10.4. The zero-order valence-electron chi connectivity index (χ0n) is 12.3. The summed E-state index contributed by atoms with van der Waals surface area (Å²) in [6.45, 7) is 6.83. The molecule has 5 heteroatoms. The summed E-state index contributed by atoms with van der Waals surface area (Å²) in [6, 6.07) is 3.21. The first-order chi connectivity index (χ1) is 9.58. The van der Waals surface area contributed by atoms with Gasteiger partial charge in [-0.25, -0.2) is 0 Å². The van der Waals surface area contributed by atoms with Gasteiger partial charge < -0.3 is 20.1 Å². The Kier molecular flexibility index (Phi) is 5.90. The zero-order valence-corrected chi connectivity index (χ0v) is 12.3. The number of methoxy groups -OCH3 is 2. The Bertz CT molecular complexity index is 486. The van der Waals surface area contributed by atoms with Crippen LogP contribution in [0.25, 0.3) is 0 Å². The molecule has 5 nitrogen and oxygen atoms in total. The first-order valence-corrected chi connectivity index (χ1v) is 6.50. The van der Waals surface area contributed by atoms with Crippen LogP contribution < -0.4 is 15.2 Å². The largest absolute Gasteiger partial charge is 0.493 e. The van der Waals surface area contributed by atoms with Crippen molar-refractivity contribution in [2.24, 2.45) is 0 Å². The number of nitrogen functional groups attached to an aromatic ring is 1. The molecule has 0 atom stereocenters. The highest BCUT2D eigenvalue weighted by molar-refractivity contribution is 6.00. The van der Waals surface area contributed by atoms with Crippen molar-refractivity contribution in [1.29, 1.82) is 0 Å². The van der Waals surface area contributed by atoms with Crippen molar-refractivity contribution in [1.82, 2.24) is 4.90 Å². The molecule has 1 rings (SSSR count). The Morgan fingerprint density at radius 2 is 1.95 bits per heavy atom. The van der Waals surface area contributed by atoms with E-state index in [1.165, 1.54) is 14.2 Å². The van der Waals surface area contributed by atoms with Crippen LogP contribution in [0, 0.1) is 0 Å². The third-order valence-corrected chi connectivity index (χ3v) is 2.92. The van der Waals surface area contributed by atoms with Crippen LogP contribution in [0.3, 0.4) is 0 Å². The SMILES string of the molecule is C=CCN(CCC)C(=O)c1cc(OC)c(OC)cc1N. The molecule has 0 unspecified atom stereocenters. The number of carbonyl (C=O) groups is 1. The molecule has 1 amide bonds. The summed E-state index contributed by atoms with van der Waals surface area (Å²) in [5.74, 6) is 0.859. The number of nitrogens with zero attached hydrogens (tertiary/aromatic N) is 1. The van der Waals surface area contributed by atoms with Gasteiger partial charge in [0.2, 0.25) is 0 Å². The van der Waals surface area contributed by atoms with Crippen molar-refractivity contribution in [3.05, 3.63) is 30.4 Å². The Balaban J connectivity index is 3.16. The van der Waals surface area contributed by atoms with Crippen molar-refractivity contribution < 1.29 is 14.3 Å². The standard InChI is InChI=1S/C15H22N2O3/c1-5-7-17(8-6-2)15(18)11-9-13(19-3)14(20-4)10-12(11)16/h5,9-10H,1,6-8,16H2,2-4H3. The third-order valence-electron chi connectivity index (χ3n) is 2.92. The summed E-state index contributed by atoms with van der Waals surface area (Å²) in [5, 5.41) is 0. The van der Waals surface area contributed by atoms with Crippen LogP contribution in [0.5, 0.6) is 11.5 Å². The lowest BCUT2D eigenvalue weighted by Gasteiger charge is -2.22. The van der Waals surface area contributed by atoms with Crippen molar-refractivity contribution in [2.45, 2.75) is 13.3 Å². The molecule has 0 aliphatic rings. The highest BCUT2D eigenvalue weighted by Gasteiger charge is 2.19. The third kappa shape index (κ3) is 3.44. The molecule has 20 heavy (non-hydrogen) atoms. The van der Waals surface area contributed by atoms with Gasteiger partial charge in [0.05, 0.1) is 19.8 Å². The first-order valence-electron chi connectivity index (χ1n) is 6.50. The van der Waals surface area contributed by atoms with Crippen LogP contribution in [0.2, 0.25) is 0 Å². The minimum atomic E-state index is -0.134. The highest BCUT2D eigenvalue weighted by Crippen LogP contribution is 2.32. The number of benzene rings is 1. The smallest absolute Gasteiger partial charge is 0.256 e. The van der Waals surface area contributed by atoms with Crippen LogP contribution in [0.15, 0.2) is 24.8 Å². The van der Waals surface area contributed by atoms with E-state index in [4.69, 9.17) is 15.2 Å².